The van der Waals surface area contributed by atoms with Crippen LogP contribution >= 0.6 is 15.9 Å². The third-order valence-electron chi connectivity index (χ3n) is 3.63. The molecule has 1 aromatic carbocycles. The summed E-state index contributed by atoms with van der Waals surface area (Å²) in [4.78, 5) is 4.43. The molecule has 0 saturated heterocycles. The van der Waals surface area contributed by atoms with Gasteiger partial charge in [0.15, 0.2) is 11.5 Å². The lowest BCUT2D eigenvalue weighted by molar-refractivity contribution is 0.417. The van der Waals surface area contributed by atoms with Crippen LogP contribution in [0.25, 0.3) is 17.3 Å². The second-order valence-electron chi connectivity index (χ2n) is 5.47. The minimum absolute atomic E-state index is 0.294. The van der Waals surface area contributed by atoms with Gasteiger partial charge in [-0.25, -0.2) is 4.68 Å². The van der Waals surface area contributed by atoms with Gasteiger partial charge in [0, 0.05) is 22.6 Å². The summed E-state index contributed by atoms with van der Waals surface area (Å²) in [6, 6.07) is 10.2. The molecule has 0 radical (unpaired) electrons. The lowest BCUT2D eigenvalue weighted by Crippen LogP contribution is -2.24. The van der Waals surface area contributed by atoms with Gasteiger partial charge in [-0.15, -0.1) is 0 Å². The topological polar surface area (TPSA) is 68.8 Å². The predicted molar refractivity (Wildman–Crippen MR) is 91.5 cm³/mol. The van der Waals surface area contributed by atoms with E-state index in [1.165, 1.54) is 0 Å². The Morgan fingerprint density at radius 2 is 2.04 bits per heavy atom. The number of aryl methyl sites for hydroxylation is 1. The SMILES string of the molecule is CNC(C)Cc1noc(-c2cc(C)n(-c3ccc(Br)cc3)n2)n1. The Morgan fingerprint density at radius 3 is 2.74 bits per heavy atom. The van der Waals surface area contributed by atoms with Gasteiger partial charge in [-0.05, 0) is 51.2 Å². The Hall–Kier alpha value is -1.99. The van der Waals surface area contributed by atoms with Crippen molar-refractivity contribution in [2.45, 2.75) is 26.3 Å². The molecule has 0 aliphatic heterocycles. The first-order chi connectivity index (χ1) is 11.1. The highest BCUT2D eigenvalue weighted by Gasteiger charge is 2.15. The lowest BCUT2D eigenvalue weighted by Gasteiger charge is -2.04. The van der Waals surface area contributed by atoms with Crippen LogP contribution in [0.15, 0.2) is 39.3 Å². The molecule has 0 aliphatic rings. The lowest BCUT2D eigenvalue weighted by atomic mass is 10.2. The van der Waals surface area contributed by atoms with Crippen LogP contribution in [0.3, 0.4) is 0 Å². The molecule has 1 atom stereocenters. The van der Waals surface area contributed by atoms with Crippen LogP contribution in [0, 0.1) is 6.92 Å². The molecule has 2 heterocycles. The Bertz CT molecular complexity index is 793. The first-order valence-corrected chi connectivity index (χ1v) is 8.19. The average molecular weight is 376 g/mol. The fourth-order valence-electron chi connectivity index (χ4n) is 2.24. The van der Waals surface area contributed by atoms with Gasteiger partial charge in [-0.3, -0.25) is 0 Å². The van der Waals surface area contributed by atoms with Crippen LogP contribution in [0.4, 0.5) is 0 Å². The standard InChI is InChI=1S/C16H18BrN5O/c1-10(18-3)8-15-19-16(23-21-15)14-9-11(2)22(20-14)13-6-4-12(17)5-7-13/h4-7,9-10,18H,8H2,1-3H3. The zero-order valence-corrected chi connectivity index (χ0v) is 14.8. The van der Waals surface area contributed by atoms with Crippen molar-refractivity contribution in [3.63, 3.8) is 0 Å². The average Bonchev–Trinajstić information content (AvgIpc) is 3.15. The van der Waals surface area contributed by atoms with Gasteiger partial charge in [0.1, 0.15) is 0 Å². The molecule has 0 fully saturated rings. The third kappa shape index (κ3) is 3.51. The maximum absolute atomic E-state index is 5.35. The van der Waals surface area contributed by atoms with Crippen LogP contribution in [0.2, 0.25) is 0 Å². The second-order valence-corrected chi connectivity index (χ2v) is 6.38. The molecule has 3 rings (SSSR count). The summed E-state index contributed by atoms with van der Waals surface area (Å²) in [7, 11) is 1.91. The molecule has 0 saturated carbocycles. The highest BCUT2D eigenvalue weighted by Crippen LogP contribution is 2.21. The molecule has 1 N–H and O–H groups in total. The maximum atomic E-state index is 5.35. The first kappa shape index (κ1) is 15.9. The van der Waals surface area contributed by atoms with E-state index in [2.05, 4.69) is 43.4 Å². The summed E-state index contributed by atoms with van der Waals surface area (Å²) in [5, 5.41) is 11.8. The molecule has 7 heteroatoms. The number of halogens is 1. The molecule has 1 unspecified atom stereocenters. The summed E-state index contributed by atoms with van der Waals surface area (Å²) in [5.74, 6) is 1.12. The van der Waals surface area contributed by atoms with Crippen LogP contribution in [-0.2, 0) is 6.42 Å². The molecule has 0 bridgehead atoms. The molecule has 0 aliphatic carbocycles. The van der Waals surface area contributed by atoms with Gasteiger partial charge in [0.05, 0.1) is 5.69 Å². The van der Waals surface area contributed by atoms with Gasteiger partial charge in [0.2, 0.25) is 0 Å². The molecule has 23 heavy (non-hydrogen) atoms. The summed E-state index contributed by atoms with van der Waals surface area (Å²) in [5.41, 5.74) is 2.67. The maximum Gasteiger partial charge on any atom is 0.278 e. The zero-order chi connectivity index (χ0) is 16.4. The third-order valence-corrected chi connectivity index (χ3v) is 4.16. The van der Waals surface area contributed by atoms with Crippen molar-refractivity contribution in [2.24, 2.45) is 0 Å². The van der Waals surface area contributed by atoms with E-state index in [-0.39, 0.29) is 0 Å². The summed E-state index contributed by atoms with van der Waals surface area (Å²) in [6.07, 6.45) is 0.715. The number of benzene rings is 1. The number of likely N-dealkylation sites (N-methyl/N-ethyl adjacent to an activating group) is 1. The molecule has 2 aromatic heterocycles. The van der Waals surface area contributed by atoms with Gasteiger partial charge in [-0.2, -0.15) is 10.1 Å². The highest BCUT2D eigenvalue weighted by molar-refractivity contribution is 9.10. The van der Waals surface area contributed by atoms with Crippen molar-refractivity contribution in [3.8, 4) is 17.3 Å². The van der Waals surface area contributed by atoms with Crippen molar-refractivity contribution in [2.75, 3.05) is 7.05 Å². The number of nitrogens with one attached hydrogen (secondary N) is 1. The monoisotopic (exact) mass is 375 g/mol. The van der Waals surface area contributed by atoms with Gasteiger partial charge in [-0.1, -0.05) is 21.1 Å². The van der Waals surface area contributed by atoms with E-state index in [1.54, 1.807) is 0 Å². The molecule has 0 amide bonds. The summed E-state index contributed by atoms with van der Waals surface area (Å²) < 4.78 is 8.24. The van der Waals surface area contributed by atoms with Crippen molar-refractivity contribution in [1.82, 2.24) is 25.2 Å². The Morgan fingerprint density at radius 1 is 1.30 bits per heavy atom. The van der Waals surface area contributed by atoms with Gasteiger partial charge in [0.25, 0.3) is 5.89 Å². The zero-order valence-electron chi connectivity index (χ0n) is 13.2. The quantitative estimate of drug-likeness (QED) is 0.741. The predicted octanol–water partition coefficient (Wildman–Crippen LogP) is 3.14. The van der Waals surface area contributed by atoms with E-state index in [4.69, 9.17) is 4.52 Å². The van der Waals surface area contributed by atoms with E-state index in [0.717, 1.165) is 15.9 Å². The van der Waals surface area contributed by atoms with Crippen molar-refractivity contribution in [1.29, 1.82) is 0 Å². The first-order valence-electron chi connectivity index (χ1n) is 7.39. The molecular weight excluding hydrogens is 358 g/mol. The summed E-state index contributed by atoms with van der Waals surface area (Å²) >= 11 is 3.44. The fourth-order valence-corrected chi connectivity index (χ4v) is 2.50. The number of rotatable bonds is 5. The Balaban J connectivity index is 1.87. The van der Waals surface area contributed by atoms with Crippen LogP contribution in [0.1, 0.15) is 18.4 Å². The van der Waals surface area contributed by atoms with E-state index in [1.807, 2.05) is 49.0 Å². The fraction of sp³-hybridized carbons (Fsp3) is 0.312. The largest absolute Gasteiger partial charge is 0.332 e. The van der Waals surface area contributed by atoms with Gasteiger partial charge < -0.3 is 9.84 Å². The Labute approximate surface area is 143 Å². The molecule has 6 nitrogen and oxygen atoms in total. The van der Waals surface area contributed by atoms with Crippen LogP contribution in [-0.4, -0.2) is 33.0 Å². The van der Waals surface area contributed by atoms with Crippen molar-refractivity contribution < 1.29 is 4.52 Å². The van der Waals surface area contributed by atoms with Crippen molar-refractivity contribution in [3.05, 3.63) is 46.3 Å². The normalized spacial score (nSPS) is 12.5. The number of hydrogen-bond acceptors (Lipinski definition) is 5. The van der Waals surface area contributed by atoms with Gasteiger partial charge >= 0.3 is 0 Å². The minimum atomic E-state index is 0.294. The van der Waals surface area contributed by atoms with Crippen LogP contribution < -0.4 is 5.32 Å². The summed E-state index contributed by atoms with van der Waals surface area (Å²) in [6.45, 7) is 4.07. The molecular formula is C16H18BrN5O. The number of hydrogen-bond donors (Lipinski definition) is 1. The smallest absolute Gasteiger partial charge is 0.278 e. The van der Waals surface area contributed by atoms with E-state index < -0.39 is 0 Å². The highest BCUT2D eigenvalue weighted by atomic mass is 79.9. The van der Waals surface area contributed by atoms with E-state index >= 15 is 0 Å². The molecule has 120 valence electrons. The Kier molecular flexibility index (Phi) is 4.58. The van der Waals surface area contributed by atoms with Crippen LogP contribution in [0.5, 0.6) is 0 Å². The molecule has 3 aromatic rings. The molecule has 0 spiro atoms. The number of nitrogens with zero attached hydrogens (tertiary/aromatic N) is 4. The minimum Gasteiger partial charge on any atom is -0.332 e. The number of aromatic nitrogens is 4. The van der Waals surface area contributed by atoms with E-state index in [9.17, 15) is 0 Å². The van der Waals surface area contributed by atoms with Crippen molar-refractivity contribution >= 4 is 15.9 Å². The van der Waals surface area contributed by atoms with E-state index in [0.29, 0.717) is 29.9 Å². The second kappa shape index (κ2) is 6.64.